The van der Waals surface area contributed by atoms with E-state index >= 15 is 0 Å². The van der Waals surface area contributed by atoms with Crippen molar-refractivity contribution in [3.05, 3.63) is 71.4 Å². The number of aromatic nitrogens is 2. The summed E-state index contributed by atoms with van der Waals surface area (Å²) in [6.07, 6.45) is -2.88. The second kappa shape index (κ2) is 8.64. The average molecular weight is 478 g/mol. The molecule has 0 unspecified atom stereocenters. The molecular weight excluding hydrogens is 457 g/mol. The molecule has 0 spiro atoms. The highest BCUT2D eigenvalue weighted by atomic mass is 32.2. The number of nitrogens with zero attached hydrogens (tertiary/aromatic N) is 3. The fourth-order valence-corrected chi connectivity index (χ4v) is 5.16. The summed E-state index contributed by atoms with van der Waals surface area (Å²) in [7, 11) is -3.60. The van der Waals surface area contributed by atoms with Crippen molar-refractivity contribution in [2.75, 3.05) is 18.4 Å². The van der Waals surface area contributed by atoms with Gasteiger partial charge in [-0.3, -0.25) is 4.79 Å². The van der Waals surface area contributed by atoms with Crippen molar-refractivity contribution in [2.24, 2.45) is 0 Å². The number of nitrogens with one attached hydrogen (secondary N) is 1. The number of aryl methyl sites for hydroxylation is 1. The second-order valence-electron chi connectivity index (χ2n) is 7.72. The number of amides is 1. The van der Waals surface area contributed by atoms with Gasteiger partial charge in [-0.25, -0.2) is 13.1 Å². The molecule has 0 saturated carbocycles. The van der Waals surface area contributed by atoms with Crippen LogP contribution in [0.1, 0.15) is 34.5 Å². The lowest BCUT2D eigenvalue weighted by molar-refractivity contribution is -0.137. The molecule has 0 aliphatic carbocycles. The van der Waals surface area contributed by atoms with E-state index in [9.17, 15) is 26.4 Å². The molecule has 7 nitrogen and oxygen atoms in total. The minimum Gasteiger partial charge on any atom is -0.306 e. The zero-order valence-corrected chi connectivity index (χ0v) is 18.4. The number of anilines is 1. The van der Waals surface area contributed by atoms with Crippen molar-refractivity contribution in [3.63, 3.8) is 0 Å². The van der Waals surface area contributed by atoms with Crippen LogP contribution in [-0.2, 0) is 16.2 Å². The van der Waals surface area contributed by atoms with Gasteiger partial charge in [0.25, 0.3) is 5.91 Å². The molecule has 2 heterocycles. The number of carbonyl (C=O) groups excluding carboxylic acids is 1. The molecule has 1 aromatic heterocycles. The van der Waals surface area contributed by atoms with E-state index in [1.165, 1.54) is 51.5 Å². The lowest BCUT2D eigenvalue weighted by atomic mass is 10.2. The molecule has 4 rings (SSSR count). The normalized spacial score (nSPS) is 15.0. The summed E-state index contributed by atoms with van der Waals surface area (Å²) in [6.45, 7) is 2.60. The van der Waals surface area contributed by atoms with Crippen molar-refractivity contribution in [3.8, 4) is 5.69 Å². The standard InChI is InChI=1S/C22H21F3N4O3S/c1-15-13-20(29(27-15)18-6-4-5-17(14-18)22(23,24)25)26-21(30)16-7-9-19(10-8-16)33(31,32)28-11-2-3-12-28/h4-10,13-14H,2-3,11-12H2,1H3,(H,26,30). The van der Waals surface area contributed by atoms with E-state index in [0.717, 1.165) is 25.0 Å². The van der Waals surface area contributed by atoms with Gasteiger partial charge in [-0.2, -0.15) is 22.6 Å². The zero-order valence-electron chi connectivity index (χ0n) is 17.6. The summed E-state index contributed by atoms with van der Waals surface area (Å²) in [4.78, 5) is 12.9. The Morgan fingerprint density at radius 3 is 2.33 bits per heavy atom. The van der Waals surface area contributed by atoms with Crippen molar-refractivity contribution >= 4 is 21.7 Å². The highest BCUT2D eigenvalue weighted by Crippen LogP contribution is 2.31. The zero-order chi connectivity index (χ0) is 23.8. The molecule has 1 N–H and O–H groups in total. The van der Waals surface area contributed by atoms with Gasteiger partial charge in [0.2, 0.25) is 10.0 Å². The molecule has 1 amide bonds. The highest BCUT2D eigenvalue weighted by molar-refractivity contribution is 7.89. The van der Waals surface area contributed by atoms with E-state index in [2.05, 4.69) is 10.4 Å². The minimum absolute atomic E-state index is 0.103. The van der Waals surface area contributed by atoms with Crippen LogP contribution in [0.4, 0.5) is 19.0 Å². The van der Waals surface area contributed by atoms with Crippen LogP contribution in [0, 0.1) is 6.92 Å². The summed E-state index contributed by atoms with van der Waals surface area (Å²) < 4.78 is 67.2. The predicted octanol–water partition coefficient (Wildman–Crippen LogP) is 4.24. The van der Waals surface area contributed by atoms with Gasteiger partial charge >= 0.3 is 6.18 Å². The Balaban J connectivity index is 1.57. The van der Waals surface area contributed by atoms with E-state index in [1.54, 1.807) is 6.92 Å². The van der Waals surface area contributed by atoms with Crippen molar-refractivity contribution in [2.45, 2.75) is 30.8 Å². The number of hydrogen-bond acceptors (Lipinski definition) is 4. The molecule has 11 heteroatoms. The summed E-state index contributed by atoms with van der Waals surface area (Å²) in [5.41, 5.74) is 0.0000861. The maximum atomic E-state index is 13.1. The Labute approximate surface area is 188 Å². The van der Waals surface area contributed by atoms with Gasteiger partial charge in [-0.15, -0.1) is 0 Å². The lowest BCUT2D eigenvalue weighted by Gasteiger charge is -2.15. The molecule has 174 valence electrons. The number of halogens is 3. The fourth-order valence-electron chi connectivity index (χ4n) is 3.64. The van der Waals surface area contributed by atoms with E-state index in [1.807, 2.05) is 0 Å². The van der Waals surface area contributed by atoms with Crippen molar-refractivity contribution in [1.82, 2.24) is 14.1 Å². The van der Waals surface area contributed by atoms with Crippen LogP contribution in [0.5, 0.6) is 0 Å². The number of benzene rings is 2. The molecule has 1 fully saturated rings. The first-order valence-electron chi connectivity index (χ1n) is 10.2. The average Bonchev–Trinajstić information content (AvgIpc) is 3.44. The molecule has 0 bridgehead atoms. The smallest absolute Gasteiger partial charge is 0.306 e. The van der Waals surface area contributed by atoms with Gasteiger partial charge in [-0.1, -0.05) is 6.07 Å². The largest absolute Gasteiger partial charge is 0.416 e. The molecule has 0 atom stereocenters. The van der Waals surface area contributed by atoms with Gasteiger partial charge in [0.15, 0.2) is 0 Å². The monoisotopic (exact) mass is 478 g/mol. The molecule has 3 aromatic rings. The summed E-state index contributed by atoms with van der Waals surface area (Å²) >= 11 is 0. The van der Waals surface area contributed by atoms with Crippen LogP contribution in [0.2, 0.25) is 0 Å². The third kappa shape index (κ3) is 4.79. The third-order valence-corrected chi connectivity index (χ3v) is 7.22. The van der Waals surface area contributed by atoms with Crippen LogP contribution in [0.25, 0.3) is 5.69 Å². The van der Waals surface area contributed by atoms with Crippen LogP contribution in [-0.4, -0.2) is 41.5 Å². The molecule has 1 aliphatic heterocycles. The van der Waals surface area contributed by atoms with Gasteiger partial charge in [-0.05, 0) is 62.2 Å². The van der Waals surface area contributed by atoms with Crippen LogP contribution < -0.4 is 5.32 Å². The minimum atomic E-state index is -4.52. The van der Waals surface area contributed by atoms with Gasteiger partial charge in [0.1, 0.15) is 5.82 Å². The summed E-state index contributed by atoms with van der Waals surface area (Å²) in [6, 6.07) is 11.7. The second-order valence-corrected chi connectivity index (χ2v) is 9.66. The maximum absolute atomic E-state index is 13.1. The fraction of sp³-hybridized carbons (Fsp3) is 0.273. The summed E-state index contributed by atoms with van der Waals surface area (Å²) in [5, 5.41) is 6.83. The molecule has 1 aliphatic rings. The molecular formula is C22H21F3N4O3S. The molecule has 0 radical (unpaired) electrons. The van der Waals surface area contributed by atoms with Crippen LogP contribution in [0.3, 0.4) is 0 Å². The number of alkyl halides is 3. The Morgan fingerprint density at radius 2 is 1.70 bits per heavy atom. The third-order valence-electron chi connectivity index (χ3n) is 5.31. The quantitative estimate of drug-likeness (QED) is 0.595. The van der Waals surface area contributed by atoms with Crippen molar-refractivity contribution in [1.29, 1.82) is 0 Å². The van der Waals surface area contributed by atoms with Crippen molar-refractivity contribution < 1.29 is 26.4 Å². The lowest BCUT2D eigenvalue weighted by Crippen LogP contribution is -2.27. The molecule has 33 heavy (non-hydrogen) atoms. The Morgan fingerprint density at radius 1 is 1.03 bits per heavy atom. The Hall–Kier alpha value is -3.18. The van der Waals surface area contributed by atoms with E-state index < -0.39 is 27.7 Å². The first kappa shape index (κ1) is 23.0. The predicted molar refractivity (Wildman–Crippen MR) is 116 cm³/mol. The number of carbonyl (C=O) groups is 1. The maximum Gasteiger partial charge on any atom is 0.416 e. The molecule has 1 saturated heterocycles. The Bertz CT molecular complexity index is 1280. The topological polar surface area (TPSA) is 84.3 Å². The van der Waals surface area contributed by atoms with Crippen LogP contribution in [0.15, 0.2) is 59.5 Å². The number of hydrogen-bond donors (Lipinski definition) is 1. The van der Waals surface area contributed by atoms with E-state index in [4.69, 9.17) is 0 Å². The number of sulfonamides is 1. The first-order chi connectivity index (χ1) is 15.6. The van der Waals surface area contributed by atoms with E-state index in [-0.39, 0.29) is 22.0 Å². The van der Waals surface area contributed by atoms with Gasteiger partial charge < -0.3 is 5.32 Å². The van der Waals surface area contributed by atoms with Gasteiger partial charge in [0.05, 0.1) is 21.8 Å². The SMILES string of the molecule is Cc1cc(NC(=O)c2ccc(S(=O)(=O)N3CCCC3)cc2)n(-c2cccc(C(F)(F)F)c2)n1. The summed E-state index contributed by atoms with van der Waals surface area (Å²) in [5.74, 6) is -0.362. The van der Waals surface area contributed by atoms with E-state index in [0.29, 0.717) is 18.8 Å². The van der Waals surface area contributed by atoms with Gasteiger partial charge in [0, 0.05) is 24.7 Å². The first-order valence-corrected chi connectivity index (χ1v) is 11.7. The highest BCUT2D eigenvalue weighted by Gasteiger charge is 2.31. The van der Waals surface area contributed by atoms with Crippen LogP contribution >= 0.6 is 0 Å². The molecule has 2 aromatic carbocycles. The Kier molecular flexibility index (Phi) is 6.02. The number of rotatable bonds is 5.